The van der Waals surface area contributed by atoms with Crippen LogP contribution in [-0.2, 0) is 0 Å². The molecule has 1 atom stereocenters. The summed E-state index contributed by atoms with van der Waals surface area (Å²) >= 11 is 1.99. The van der Waals surface area contributed by atoms with Gasteiger partial charge in [0.1, 0.15) is 0 Å². The molecule has 0 amide bonds. The highest BCUT2D eigenvalue weighted by molar-refractivity contribution is 7.99. The third-order valence-electron chi connectivity index (χ3n) is 2.51. The molecule has 0 spiro atoms. The van der Waals surface area contributed by atoms with Crippen molar-refractivity contribution < 1.29 is 5.11 Å². The topological polar surface area (TPSA) is 20.2 Å². The van der Waals surface area contributed by atoms with E-state index in [9.17, 15) is 5.11 Å². The van der Waals surface area contributed by atoms with Gasteiger partial charge >= 0.3 is 0 Å². The Labute approximate surface area is 106 Å². The first-order valence-electron chi connectivity index (χ1n) is 6.36. The summed E-state index contributed by atoms with van der Waals surface area (Å²) < 4.78 is 0. The van der Waals surface area contributed by atoms with Gasteiger partial charge in [0.2, 0.25) is 0 Å². The van der Waals surface area contributed by atoms with Gasteiger partial charge in [-0.25, -0.2) is 0 Å². The van der Waals surface area contributed by atoms with Gasteiger partial charge in [-0.3, -0.25) is 0 Å². The van der Waals surface area contributed by atoms with Gasteiger partial charge in [-0.05, 0) is 43.8 Å². The van der Waals surface area contributed by atoms with Crippen molar-refractivity contribution in [3.8, 4) is 0 Å². The molecule has 0 saturated carbocycles. The summed E-state index contributed by atoms with van der Waals surface area (Å²) in [5.74, 6) is 1.95. The van der Waals surface area contributed by atoms with E-state index in [0.717, 1.165) is 12.3 Å². The normalized spacial score (nSPS) is 15.6. The molecule has 0 fully saturated rings. The third-order valence-corrected chi connectivity index (χ3v) is 4.19. The first kappa shape index (κ1) is 16.3. The van der Waals surface area contributed by atoms with E-state index in [0.29, 0.717) is 10.7 Å². The number of aliphatic hydroxyl groups is 1. The van der Waals surface area contributed by atoms with Gasteiger partial charge < -0.3 is 5.11 Å². The first-order valence-corrected chi connectivity index (χ1v) is 7.41. The van der Waals surface area contributed by atoms with Gasteiger partial charge in [0, 0.05) is 5.25 Å². The molecule has 0 aromatic carbocycles. The molecule has 0 heterocycles. The summed E-state index contributed by atoms with van der Waals surface area (Å²) in [7, 11) is 0. The molecule has 0 aliphatic rings. The molecule has 0 aliphatic carbocycles. The summed E-state index contributed by atoms with van der Waals surface area (Å²) in [6, 6.07) is 0. The molecular formula is C14H30OS. The zero-order valence-electron chi connectivity index (χ0n) is 12.1. The molecule has 16 heavy (non-hydrogen) atoms. The number of thioether (sulfide) groups is 1. The highest BCUT2D eigenvalue weighted by Crippen LogP contribution is 2.32. The van der Waals surface area contributed by atoms with E-state index in [1.54, 1.807) is 0 Å². The van der Waals surface area contributed by atoms with Crippen LogP contribution in [0.15, 0.2) is 0 Å². The van der Waals surface area contributed by atoms with Gasteiger partial charge in [0.05, 0.1) is 5.60 Å². The highest BCUT2D eigenvalue weighted by atomic mass is 32.2. The van der Waals surface area contributed by atoms with Crippen LogP contribution < -0.4 is 0 Å². The van der Waals surface area contributed by atoms with Crippen molar-refractivity contribution in [2.75, 3.05) is 5.75 Å². The van der Waals surface area contributed by atoms with Crippen molar-refractivity contribution in [3.63, 3.8) is 0 Å². The fraction of sp³-hybridized carbons (Fsp3) is 1.00. The van der Waals surface area contributed by atoms with Crippen LogP contribution in [0, 0.1) is 11.3 Å². The van der Waals surface area contributed by atoms with E-state index in [1.165, 1.54) is 12.2 Å². The molecule has 0 aliphatic heterocycles. The van der Waals surface area contributed by atoms with Gasteiger partial charge in [0.15, 0.2) is 0 Å². The summed E-state index contributed by atoms with van der Waals surface area (Å²) in [5, 5.41) is 10.3. The maximum absolute atomic E-state index is 9.75. The van der Waals surface area contributed by atoms with E-state index in [4.69, 9.17) is 0 Å². The van der Waals surface area contributed by atoms with Gasteiger partial charge in [-0.1, -0.05) is 34.6 Å². The average Bonchev–Trinajstić information content (AvgIpc) is 1.95. The van der Waals surface area contributed by atoms with Crippen molar-refractivity contribution in [2.24, 2.45) is 11.3 Å². The standard InChI is InChI=1S/C14H30OS/c1-11(2)8-13(4,5)10-16-12(3)9-14(6,7)15/h11-12,15H,8-10H2,1-7H3. The molecule has 2 heteroatoms. The van der Waals surface area contributed by atoms with Crippen LogP contribution in [0.3, 0.4) is 0 Å². The minimum Gasteiger partial charge on any atom is -0.390 e. The zero-order valence-corrected chi connectivity index (χ0v) is 12.9. The Bertz CT molecular complexity index is 191. The summed E-state index contributed by atoms with van der Waals surface area (Å²) in [6.45, 7) is 15.3. The predicted molar refractivity (Wildman–Crippen MR) is 76.1 cm³/mol. The summed E-state index contributed by atoms with van der Waals surface area (Å²) in [5.41, 5.74) is -0.124. The lowest BCUT2D eigenvalue weighted by molar-refractivity contribution is 0.0718. The molecule has 0 saturated heterocycles. The Hall–Kier alpha value is 0.310. The van der Waals surface area contributed by atoms with Gasteiger partial charge in [-0.15, -0.1) is 0 Å². The van der Waals surface area contributed by atoms with Crippen LogP contribution in [-0.4, -0.2) is 21.7 Å². The van der Waals surface area contributed by atoms with Crippen molar-refractivity contribution in [1.82, 2.24) is 0 Å². The van der Waals surface area contributed by atoms with E-state index in [2.05, 4.69) is 34.6 Å². The lowest BCUT2D eigenvalue weighted by Crippen LogP contribution is -2.25. The van der Waals surface area contributed by atoms with Crippen LogP contribution >= 0.6 is 11.8 Å². The lowest BCUT2D eigenvalue weighted by Gasteiger charge is -2.29. The molecule has 1 N–H and O–H groups in total. The lowest BCUT2D eigenvalue weighted by atomic mass is 9.86. The fourth-order valence-corrected chi connectivity index (χ4v) is 3.67. The second kappa shape index (κ2) is 6.30. The third kappa shape index (κ3) is 9.53. The van der Waals surface area contributed by atoms with Crippen molar-refractivity contribution in [2.45, 2.75) is 72.2 Å². The van der Waals surface area contributed by atoms with E-state index >= 15 is 0 Å². The molecule has 0 aromatic rings. The second-order valence-corrected chi connectivity index (χ2v) is 8.33. The largest absolute Gasteiger partial charge is 0.390 e. The average molecular weight is 246 g/mol. The number of hydrogen-bond acceptors (Lipinski definition) is 2. The van der Waals surface area contributed by atoms with E-state index < -0.39 is 5.60 Å². The minimum atomic E-state index is -0.533. The molecule has 0 radical (unpaired) electrons. The molecule has 0 rings (SSSR count). The van der Waals surface area contributed by atoms with Crippen LogP contribution in [0.2, 0.25) is 0 Å². The molecule has 1 nitrogen and oxygen atoms in total. The molecule has 1 unspecified atom stereocenters. The smallest absolute Gasteiger partial charge is 0.0602 e. The maximum atomic E-state index is 9.75. The van der Waals surface area contributed by atoms with Crippen LogP contribution in [0.5, 0.6) is 0 Å². The predicted octanol–water partition coefficient (Wildman–Crippen LogP) is 4.34. The van der Waals surface area contributed by atoms with Crippen LogP contribution in [0.4, 0.5) is 0 Å². The van der Waals surface area contributed by atoms with Crippen LogP contribution in [0.25, 0.3) is 0 Å². The Morgan fingerprint density at radius 2 is 1.50 bits per heavy atom. The first-order chi connectivity index (χ1) is 7.02. The minimum absolute atomic E-state index is 0.409. The molecule has 98 valence electrons. The fourth-order valence-electron chi connectivity index (χ4n) is 2.29. The Balaban J connectivity index is 3.95. The summed E-state index contributed by atoms with van der Waals surface area (Å²) in [6.07, 6.45) is 2.14. The second-order valence-electron chi connectivity index (χ2n) is 6.90. The Morgan fingerprint density at radius 3 is 1.88 bits per heavy atom. The maximum Gasteiger partial charge on any atom is 0.0602 e. The van der Waals surface area contributed by atoms with Crippen molar-refractivity contribution >= 4 is 11.8 Å². The van der Waals surface area contributed by atoms with E-state index in [1.807, 2.05) is 25.6 Å². The Kier molecular flexibility index (Phi) is 6.42. The monoisotopic (exact) mass is 246 g/mol. The van der Waals surface area contributed by atoms with Gasteiger partial charge in [-0.2, -0.15) is 11.8 Å². The zero-order chi connectivity index (χ0) is 13.0. The van der Waals surface area contributed by atoms with Crippen molar-refractivity contribution in [1.29, 1.82) is 0 Å². The molecule has 0 aromatic heterocycles. The summed E-state index contributed by atoms with van der Waals surface area (Å²) in [4.78, 5) is 0. The molecule has 0 bridgehead atoms. The highest BCUT2D eigenvalue weighted by Gasteiger charge is 2.23. The van der Waals surface area contributed by atoms with Crippen molar-refractivity contribution in [3.05, 3.63) is 0 Å². The Morgan fingerprint density at radius 1 is 1.00 bits per heavy atom. The van der Waals surface area contributed by atoms with E-state index in [-0.39, 0.29) is 0 Å². The van der Waals surface area contributed by atoms with Gasteiger partial charge in [0.25, 0.3) is 0 Å². The molecular weight excluding hydrogens is 216 g/mol. The SMILES string of the molecule is CC(C)CC(C)(C)CSC(C)CC(C)(C)O. The number of hydrogen-bond donors (Lipinski definition) is 1. The van der Waals surface area contributed by atoms with Crippen LogP contribution in [0.1, 0.15) is 61.3 Å². The number of rotatable bonds is 7. The quantitative estimate of drug-likeness (QED) is 0.721.